The molecule has 0 unspecified atom stereocenters. The Morgan fingerprint density at radius 1 is 1.15 bits per heavy atom. The number of benzene rings is 1. The van der Waals surface area contributed by atoms with Gasteiger partial charge in [0.2, 0.25) is 10.0 Å². The first kappa shape index (κ1) is 18.8. The van der Waals surface area contributed by atoms with E-state index in [0.717, 1.165) is 15.8 Å². The second-order valence-corrected chi connectivity index (χ2v) is 9.92. The Kier molecular flexibility index (Phi) is 5.32. The Labute approximate surface area is 157 Å². The molecule has 2 N–H and O–H groups in total. The lowest BCUT2D eigenvalue weighted by Gasteiger charge is -2.09. The van der Waals surface area contributed by atoms with E-state index in [0.29, 0.717) is 22.1 Å². The summed E-state index contributed by atoms with van der Waals surface area (Å²) in [5.74, 6) is 0.399. The fourth-order valence-corrected chi connectivity index (χ4v) is 5.12. The van der Waals surface area contributed by atoms with Crippen LogP contribution in [0.2, 0.25) is 0 Å². The molecule has 3 rings (SSSR count). The fraction of sp³-hybridized carbons (Fsp3) is 0.316. The van der Waals surface area contributed by atoms with E-state index in [9.17, 15) is 13.2 Å². The Bertz CT molecular complexity index is 1100. The number of H-pyrrole nitrogens is 1. The summed E-state index contributed by atoms with van der Waals surface area (Å²) in [4.78, 5) is 16.1. The van der Waals surface area contributed by atoms with Crippen molar-refractivity contribution in [1.29, 1.82) is 0 Å². The van der Waals surface area contributed by atoms with E-state index >= 15 is 0 Å². The van der Waals surface area contributed by atoms with Gasteiger partial charge in [0.15, 0.2) is 0 Å². The van der Waals surface area contributed by atoms with Gasteiger partial charge in [-0.15, -0.1) is 11.3 Å². The number of nitrogens with one attached hydrogen (secondary N) is 2. The van der Waals surface area contributed by atoms with Gasteiger partial charge in [-0.2, -0.15) is 0 Å². The summed E-state index contributed by atoms with van der Waals surface area (Å²) in [6, 6.07) is 11.2. The van der Waals surface area contributed by atoms with Crippen LogP contribution in [-0.2, 0) is 16.4 Å². The molecule has 5 nitrogen and oxygen atoms in total. The van der Waals surface area contributed by atoms with Gasteiger partial charge in [0.25, 0.3) is 5.56 Å². The summed E-state index contributed by atoms with van der Waals surface area (Å²) < 4.78 is 27.4. The van der Waals surface area contributed by atoms with E-state index in [2.05, 4.69) is 29.6 Å². The molecule has 26 heavy (non-hydrogen) atoms. The highest BCUT2D eigenvalue weighted by atomic mass is 32.2. The molecule has 7 heteroatoms. The predicted octanol–water partition coefficient (Wildman–Crippen LogP) is 3.54. The van der Waals surface area contributed by atoms with Crippen molar-refractivity contribution in [1.82, 2.24) is 9.71 Å². The van der Waals surface area contributed by atoms with Gasteiger partial charge >= 0.3 is 0 Å². The van der Waals surface area contributed by atoms with Crippen molar-refractivity contribution in [2.45, 2.75) is 37.3 Å². The van der Waals surface area contributed by atoms with Gasteiger partial charge < -0.3 is 4.98 Å². The minimum Gasteiger partial charge on any atom is -0.322 e. The average molecular weight is 391 g/mol. The normalized spacial score (nSPS) is 12.2. The molecule has 0 saturated heterocycles. The van der Waals surface area contributed by atoms with Gasteiger partial charge in [0.1, 0.15) is 4.21 Å². The lowest BCUT2D eigenvalue weighted by molar-refractivity contribution is 0.583. The number of hydrogen-bond acceptors (Lipinski definition) is 4. The Hall–Kier alpha value is -1.96. The maximum atomic E-state index is 12.3. The summed E-state index contributed by atoms with van der Waals surface area (Å²) in [5, 5.41) is 0.961. The number of hydrogen-bond donors (Lipinski definition) is 2. The number of thiophene rings is 1. The molecule has 0 amide bonds. The molecule has 0 radical (unpaired) electrons. The molecule has 1 aromatic carbocycles. The first-order valence-corrected chi connectivity index (χ1v) is 10.8. The quantitative estimate of drug-likeness (QED) is 0.676. The zero-order chi connectivity index (χ0) is 18.9. The van der Waals surface area contributed by atoms with E-state index < -0.39 is 10.0 Å². The van der Waals surface area contributed by atoms with Crippen molar-refractivity contribution < 1.29 is 8.42 Å². The van der Waals surface area contributed by atoms with Crippen LogP contribution in [0.3, 0.4) is 0 Å². The maximum Gasteiger partial charge on any atom is 0.251 e. The Morgan fingerprint density at radius 2 is 1.92 bits per heavy atom. The Morgan fingerprint density at radius 3 is 2.58 bits per heavy atom. The molecule has 0 aliphatic heterocycles. The zero-order valence-corrected chi connectivity index (χ0v) is 16.6. The summed E-state index contributed by atoms with van der Waals surface area (Å²) in [6.45, 7) is 6.28. The minimum atomic E-state index is -3.53. The molecular formula is C19H22N2O3S2. The van der Waals surface area contributed by atoms with E-state index in [1.807, 2.05) is 25.1 Å². The maximum absolute atomic E-state index is 12.3. The molecule has 0 aliphatic carbocycles. The predicted molar refractivity (Wildman–Crippen MR) is 107 cm³/mol. The number of pyridine rings is 1. The summed E-state index contributed by atoms with van der Waals surface area (Å²) in [7, 11) is -3.53. The van der Waals surface area contributed by atoms with E-state index in [1.54, 1.807) is 12.1 Å². The number of aromatic nitrogens is 1. The molecule has 0 spiro atoms. The van der Waals surface area contributed by atoms with Crippen molar-refractivity contribution in [2.75, 3.05) is 6.54 Å². The van der Waals surface area contributed by atoms with E-state index in [4.69, 9.17) is 0 Å². The van der Waals surface area contributed by atoms with Gasteiger partial charge in [0, 0.05) is 22.5 Å². The van der Waals surface area contributed by atoms with Crippen LogP contribution in [0.25, 0.3) is 10.9 Å². The number of aromatic amines is 1. The fourth-order valence-electron chi connectivity index (χ4n) is 2.76. The molecule has 0 aliphatic rings. The van der Waals surface area contributed by atoms with Crippen LogP contribution in [0.4, 0.5) is 0 Å². The molecular weight excluding hydrogens is 368 g/mol. The van der Waals surface area contributed by atoms with Crippen LogP contribution in [0.5, 0.6) is 0 Å². The van der Waals surface area contributed by atoms with Gasteiger partial charge in [-0.3, -0.25) is 4.79 Å². The monoisotopic (exact) mass is 390 g/mol. The molecule has 138 valence electrons. The first-order chi connectivity index (χ1) is 12.3. The summed E-state index contributed by atoms with van der Waals surface area (Å²) in [6.07, 6.45) is 0.334. The van der Waals surface area contributed by atoms with Crippen molar-refractivity contribution in [3.05, 3.63) is 62.8 Å². The van der Waals surface area contributed by atoms with Crippen LogP contribution < -0.4 is 10.3 Å². The molecule has 2 heterocycles. The van der Waals surface area contributed by atoms with Crippen LogP contribution in [-0.4, -0.2) is 19.9 Å². The molecule has 0 bridgehead atoms. The highest BCUT2D eigenvalue weighted by molar-refractivity contribution is 7.91. The third-order valence-corrected chi connectivity index (χ3v) is 7.23. The van der Waals surface area contributed by atoms with Crippen molar-refractivity contribution in [2.24, 2.45) is 0 Å². The molecule has 0 atom stereocenters. The van der Waals surface area contributed by atoms with Crippen LogP contribution in [0, 0.1) is 6.92 Å². The smallest absolute Gasteiger partial charge is 0.251 e. The van der Waals surface area contributed by atoms with Gasteiger partial charge in [-0.25, -0.2) is 13.1 Å². The second-order valence-electron chi connectivity index (χ2n) is 6.64. The summed E-state index contributed by atoms with van der Waals surface area (Å²) >= 11 is 1.23. The average Bonchev–Trinajstić information content (AvgIpc) is 3.02. The standard InChI is InChI=1S/C19H22N2O3S2/c1-12(2)14-5-6-17-16(10-14)11-15(19(22)21-17)8-9-20-26(23,24)18-7-4-13(3)25-18/h4-7,10-12,20H,8-9H2,1-3H3,(H,21,22). The lowest BCUT2D eigenvalue weighted by atomic mass is 10.0. The second kappa shape index (κ2) is 7.34. The van der Waals surface area contributed by atoms with Crippen molar-refractivity contribution in [3.8, 4) is 0 Å². The van der Waals surface area contributed by atoms with E-state index in [1.165, 1.54) is 16.9 Å². The van der Waals surface area contributed by atoms with Crippen LogP contribution >= 0.6 is 11.3 Å². The van der Waals surface area contributed by atoms with Crippen LogP contribution in [0.15, 0.2) is 45.4 Å². The number of aryl methyl sites for hydroxylation is 1. The van der Waals surface area contributed by atoms with E-state index in [-0.39, 0.29) is 12.1 Å². The van der Waals surface area contributed by atoms with Crippen LogP contribution in [0.1, 0.15) is 35.8 Å². The molecule has 0 fully saturated rings. The SMILES string of the molecule is Cc1ccc(S(=O)(=O)NCCc2cc3cc(C(C)C)ccc3[nH]c2=O)s1. The van der Waals surface area contributed by atoms with Gasteiger partial charge in [-0.1, -0.05) is 19.9 Å². The third-order valence-electron chi connectivity index (χ3n) is 4.28. The molecule has 3 aromatic rings. The lowest BCUT2D eigenvalue weighted by Crippen LogP contribution is -2.27. The third kappa shape index (κ3) is 4.06. The van der Waals surface area contributed by atoms with Gasteiger partial charge in [0.05, 0.1) is 0 Å². The highest BCUT2D eigenvalue weighted by Crippen LogP contribution is 2.21. The number of fused-ring (bicyclic) bond motifs is 1. The number of rotatable bonds is 6. The zero-order valence-electron chi connectivity index (χ0n) is 15.0. The number of sulfonamides is 1. The topological polar surface area (TPSA) is 79.0 Å². The minimum absolute atomic E-state index is 0.178. The molecule has 2 aromatic heterocycles. The summed E-state index contributed by atoms with van der Waals surface area (Å²) in [5.41, 5.74) is 2.38. The van der Waals surface area contributed by atoms with Gasteiger partial charge in [-0.05, 0) is 60.5 Å². The molecule has 0 saturated carbocycles. The first-order valence-electron chi connectivity index (χ1n) is 8.48. The highest BCUT2D eigenvalue weighted by Gasteiger charge is 2.15. The van der Waals surface area contributed by atoms with Crippen molar-refractivity contribution in [3.63, 3.8) is 0 Å². The largest absolute Gasteiger partial charge is 0.322 e. The van der Waals surface area contributed by atoms with Crippen molar-refractivity contribution >= 4 is 32.3 Å². The Balaban J connectivity index is 1.78.